The van der Waals surface area contributed by atoms with Crippen LogP contribution in [0.4, 0.5) is 0 Å². The zero-order valence-corrected chi connectivity index (χ0v) is 65.6. The molecule has 1 aliphatic heterocycles. The van der Waals surface area contributed by atoms with Crippen molar-refractivity contribution in [3.63, 3.8) is 0 Å². The van der Waals surface area contributed by atoms with Crippen molar-refractivity contribution >= 4 is 140 Å². The molecule has 0 bridgehead atoms. The number of hydrogen-bond acceptors (Lipinski definition) is 23. The third kappa shape index (κ3) is 33.2. The van der Waals surface area contributed by atoms with Gasteiger partial charge in [-0.2, -0.15) is 0 Å². The van der Waals surface area contributed by atoms with Crippen LogP contribution >= 0.6 is 0 Å². The number of nitrogens with two attached hydrogens (primary N) is 3. The van der Waals surface area contributed by atoms with E-state index < -0.39 is 269 Å². The van der Waals surface area contributed by atoms with Gasteiger partial charge in [-0.05, 0) is 68.3 Å². The zero-order chi connectivity index (χ0) is 88.2. The number of unbranched alkanes of at least 4 members (excludes halogenated alkanes) is 5. The number of nitrogens with one attached hydrogen (secondary N) is 15. The molecule has 650 valence electrons. The fourth-order valence-corrected chi connectivity index (χ4v) is 12.5. The van der Waals surface area contributed by atoms with Gasteiger partial charge in [-0.3, -0.25) is 91.1 Å². The fourth-order valence-electron chi connectivity index (χ4n) is 12.5. The number of aliphatic carboxylic acids is 4. The monoisotopic (exact) mass is 1670 g/mol. The van der Waals surface area contributed by atoms with Crippen LogP contribution in [0.5, 0.6) is 0 Å². The Hall–Kier alpha value is -13.2. The van der Waals surface area contributed by atoms with E-state index >= 15 is 0 Å². The normalized spacial score (nSPS) is 20.7. The smallest absolute Gasteiger partial charge is 0.329 e. The number of carboxylic acid groups (broad SMARTS) is 4. The van der Waals surface area contributed by atoms with E-state index in [2.05, 4.69) is 71.7 Å². The highest BCUT2D eigenvalue weighted by Gasteiger charge is 2.40. The van der Waals surface area contributed by atoms with Gasteiger partial charge in [0.05, 0.1) is 51.8 Å². The standard InChI is InChI=1S/C75H104N18O26/c1-37(2)15-8-6-4-5-7-9-21-57(97)84-47(25-39-32-79-43-18-12-10-16-41(39)43)68(111)87-49(28-56(78)96)70(113)91-52(31-63(106)107)72(115)93-64-38(3)119-75(118)53(26-40-33-80-44-19-13-11-17-42(40)44)92-67(110)46(22-23-60(100)101)86-73(116)54(36-94)85-59(99)34-81-65(108)50(29-61(102)103)89-69(112)48(27-55(77)95)88-71(114)51(30-62(104)105)90-66(109)45(20-14-24-76)83-58(98)35-82-74(64)117/h10-13,16-19,32-33,37-38,45-54,64,79-80,94H,4-9,14-15,20-31,34-36,76H2,1-3H3,(H2,77,95)(H2,78,96)(H,81,108)(H,82,117)(H,83,98)(H,84,97)(H,85,99)(H,86,116)(H,87,111)(H,88,114)(H,89,112)(H,90,109)(H,91,113)(H,92,110)(H,93,115)(H,100,101)(H,102,103)(H,104,105)(H,106,107). The topological polar surface area (TPSA) is 718 Å². The lowest BCUT2D eigenvalue weighted by Gasteiger charge is -2.29. The number of hydrogen-bond donors (Lipinski definition) is 23. The molecule has 4 aromatic rings. The number of carbonyl (C=O) groups is 20. The van der Waals surface area contributed by atoms with E-state index in [-0.39, 0.29) is 31.4 Å². The molecule has 0 aliphatic carbocycles. The number of aromatic amines is 2. The van der Waals surface area contributed by atoms with Gasteiger partial charge in [0.25, 0.3) is 0 Å². The first kappa shape index (κ1) is 96.4. The van der Waals surface area contributed by atoms with Crippen LogP contribution in [0.15, 0.2) is 60.9 Å². The van der Waals surface area contributed by atoms with E-state index in [0.717, 1.165) is 39.0 Å². The quantitative estimate of drug-likeness (QED) is 0.0148. The summed E-state index contributed by atoms with van der Waals surface area (Å²) in [7, 11) is 0. The third-order valence-electron chi connectivity index (χ3n) is 18.7. The summed E-state index contributed by atoms with van der Waals surface area (Å²) in [6.07, 6.45) is -2.26. The molecule has 0 spiro atoms. The molecule has 3 heterocycles. The fraction of sp³-hybridized carbons (Fsp3) is 0.520. The van der Waals surface area contributed by atoms with Gasteiger partial charge in [-0.15, -0.1) is 0 Å². The molecule has 2 aromatic carbocycles. The summed E-state index contributed by atoms with van der Waals surface area (Å²) in [5, 5.41) is 79.3. The molecule has 12 unspecified atom stereocenters. The van der Waals surface area contributed by atoms with Crippen LogP contribution in [0.25, 0.3) is 21.8 Å². The maximum Gasteiger partial charge on any atom is 0.329 e. The zero-order valence-electron chi connectivity index (χ0n) is 65.6. The number of amides is 15. The van der Waals surface area contributed by atoms with Crippen LogP contribution in [0.3, 0.4) is 0 Å². The summed E-state index contributed by atoms with van der Waals surface area (Å²) in [5.41, 5.74) is 18.6. The van der Waals surface area contributed by atoms with Crippen molar-refractivity contribution in [2.45, 2.75) is 215 Å². The Labute approximate surface area is 679 Å². The van der Waals surface area contributed by atoms with Gasteiger partial charge in [-0.25, -0.2) is 4.79 Å². The summed E-state index contributed by atoms with van der Waals surface area (Å²) in [4.78, 5) is 279. The number of ether oxygens (including phenoxy) is 1. The number of benzene rings is 2. The van der Waals surface area contributed by atoms with Crippen LogP contribution in [-0.2, 0) is 113 Å². The maximum absolute atomic E-state index is 15.0. The molecule has 1 fully saturated rings. The van der Waals surface area contributed by atoms with E-state index in [4.69, 9.17) is 21.9 Å². The van der Waals surface area contributed by atoms with Gasteiger partial charge in [-0.1, -0.05) is 88.8 Å². The van der Waals surface area contributed by atoms with Crippen molar-refractivity contribution in [3.05, 3.63) is 72.1 Å². The second-order valence-electron chi connectivity index (χ2n) is 28.7. The average Bonchev–Trinajstić information content (AvgIpc) is 1.72. The number of cyclic esters (lactones) is 1. The number of H-pyrrole nitrogens is 2. The number of primary amides is 2. The summed E-state index contributed by atoms with van der Waals surface area (Å²) in [6, 6.07) is -9.44. The first-order chi connectivity index (χ1) is 56.4. The Balaban J connectivity index is 1.59. The van der Waals surface area contributed by atoms with Crippen LogP contribution < -0.4 is 86.3 Å². The Morgan fingerprint density at radius 2 is 0.950 bits per heavy atom. The maximum atomic E-state index is 15.0. The molecule has 44 heteroatoms. The summed E-state index contributed by atoms with van der Waals surface area (Å²) < 4.78 is 5.82. The SMILES string of the molecule is CC(C)CCCCCCCCC(=O)NC(Cc1c[nH]c2ccccc12)C(=O)NC(CC(N)=O)C(=O)NC(CC(=O)O)C(=O)NC1C(=O)NCC(=O)NC(CCCN)C(=O)NC(CC(=O)O)C(=O)NC(CC(N)=O)C(=O)NC(CC(=O)O)C(=O)NCC(=O)NC(CO)C(=O)NC(CCC(=O)O)C(=O)NC(Cc2c[nH]c3ccccc23)C(=O)OC1C. The summed E-state index contributed by atoms with van der Waals surface area (Å²) >= 11 is 0. The molecule has 2 aromatic heterocycles. The van der Waals surface area contributed by atoms with Gasteiger partial charge in [0.15, 0.2) is 0 Å². The highest BCUT2D eigenvalue weighted by atomic mass is 16.5. The highest BCUT2D eigenvalue weighted by molar-refractivity contribution is 6.03. The number of aliphatic hydroxyl groups is 1. The molecule has 0 radical (unpaired) electrons. The van der Waals surface area contributed by atoms with Gasteiger partial charge < -0.3 is 127 Å². The van der Waals surface area contributed by atoms with Gasteiger partial charge in [0.1, 0.15) is 72.6 Å². The van der Waals surface area contributed by atoms with Crippen molar-refractivity contribution in [2.24, 2.45) is 23.1 Å². The van der Waals surface area contributed by atoms with Gasteiger partial charge >= 0.3 is 29.8 Å². The first-order valence-corrected chi connectivity index (χ1v) is 38.3. The number of aliphatic hydroxyl groups excluding tert-OH is 1. The van der Waals surface area contributed by atoms with E-state index in [9.17, 15) is 121 Å². The Kier molecular flexibility index (Phi) is 39.2. The number of rotatable bonds is 37. The van der Waals surface area contributed by atoms with E-state index in [1.165, 1.54) is 6.20 Å². The predicted molar refractivity (Wildman–Crippen MR) is 415 cm³/mol. The molecule has 0 saturated carbocycles. The lowest BCUT2D eigenvalue weighted by atomic mass is 10.0. The van der Waals surface area contributed by atoms with Gasteiger partial charge in [0, 0.05) is 59.9 Å². The highest BCUT2D eigenvalue weighted by Crippen LogP contribution is 2.23. The van der Waals surface area contributed by atoms with E-state index in [0.29, 0.717) is 46.1 Å². The minimum atomic E-state index is -2.39. The van der Waals surface area contributed by atoms with Crippen molar-refractivity contribution in [2.75, 3.05) is 26.2 Å². The Morgan fingerprint density at radius 1 is 0.479 bits per heavy atom. The molecule has 1 aliphatic rings. The minimum Gasteiger partial charge on any atom is -0.481 e. The molecule has 5 rings (SSSR count). The minimum absolute atomic E-state index is 0.0140. The number of fused-ring (bicyclic) bond motifs is 2. The van der Waals surface area contributed by atoms with E-state index in [1.54, 1.807) is 54.7 Å². The molecule has 15 amide bonds. The largest absolute Gasteiger partial charge is 0.481 e. The second kappa shape index (κ2) is 48.4. The Bertz CT molecular complexity index is 4340. The number of carboxylic acids is 4. The van der Waals surface area contributed by atoms with Crippen molar-refractivity contribution in [1.82, 2.24) is 79.1 Å². The molecular weight excluding hydrogens is 1570 g/mol. The molecule has 44 nitrogen and oxygen atoms in total. The Morgan fingerprint density at radius 3 is 1.49 bits per heavy atom. The molecule has 119 heavy (non-hydrogen) atoms. The second-order valence-corrected chi connectivity index (χ2v) is 28.7. The number of aromatic nitrogens is 2. The lowest BCUT2D eigenvalue weighted by Crippen LogP contribution is -2.61. The van der Waals surface area contributed by atoms with Gasteiger partial charge in [0.2, 0.25) is 88.6 Å². The molecule has 12 atom stereocenters. The third-order valence-corrected chi connectivity index (χ3v) is 18.7. The van der Waals surface area contributed by atoms with E-state index in [1.807, 2.05) is 21.3 Å². The molecule has 1 saturated heterocycles. The first-order valence-electron chi connectivity index (χ1n) is 38.3. The van der Waals surface area contributed by atoms with Crippen molar-refractivity contribution in [3.8, 4) is 0 Å². The summed E-state index contributed by atoms with van der Waals surface area (Å²) in [6.45, 7) is 1.29. The van der Waals surface area contributed by atoms with Crippen LogP contribution in [0, 0.1) is 5.92 Å². The van der Waals surface area contributed by atoms with Crippen molar-refractivity contribution in [1.29, 1.82) is 0 Å². The summed E-state index contributed by atoms with van der Waals surface area (Å²) in [5.74, 6) is -28.0. The van der Waals surface area contributed by atoms with Crippen molar-refractivity contribution < 1.29 is 126 Å². The van der Waals surface area contributed by atoms with Crippen LogP contribution in [-0.4, -0.2) is 253 Å². The predicted octanol–water partition coefficient (Wildman–Crippen LogP) is -5.51. The molecule has 26 N–H and O–H groups in total. The van der Waals surface area contributed by atoms with Crippen LogP contribution in [0.1, 0.15) is 141 Å². The number of para-hydroxylation sites is 2. The van der Waals surface area contributed by atoms with Crippen LogP contribution in [0.2, 0.25) is 0 Å². The number of carbonyl (C=O) groups excluding carboxylic acids is 16. The molecular formula is C75H104N18O26. The lowest BCUT2D eigenvalue weighted by molar-refractivity contribution is -0.156. The average molecular weight is 1670 g/mol. The number of esters is 1.